The van der Waals surface area contributed by atoms with Crippen molar-refractivity contribution in [1.29, 1.82) is 0 Å². The van der Waals surface area contributed by atoms with Gasteiger partial charge in [0.15, 0.2) is 0 Å². The summed E-state index contributed by atoms with van der Waals surface area (Å²) in [5, 5.41) is 3.41. The zero-order valence-corrected chi connectivity index (χ0v) is 13.0. The topological polar surface area (TPSA) is 68.3 Å². The van der Waals surface area contributed by atoms with Gasteiger partial charge in [-0.25, -0.2) is 4.79 Å². The first-order valence-corrected chi connectivity index (χ1v) is 8.05. The third-order valence-corrected chi connectivity index (χ3v) is 4.76. The third kappa shape index (κ3) is 2.74. The van der Waals surface area contributed by atoms with Gasteiger partial charge >= 0.3 is 5.97 Å². The fourth-order valence-electron chi connectivity index (χ4n) is 2.58. The number of thiophene rings is 1. The molecule has 0 saturated heterocycles. The third-order valence-electron chi connectivity index (χ3n) is 3.55. The maximum atomic E-state index is 12.3. The maximum absolute atomic E-state index is 12.3. The number of carbonyl (C=O) groups is 2. The Morgan fingerprint density at radius 2 is 2.27 bits per heavy atom. The molecule has 0 radical (unpaired) electrons. The molecular formula is C16H16N2O3S. The van der Waals surface area contributed by atoms with E-state index >= 15 is 0 Å². The minimum atomic E-state index is -0.358. The summed E-state index contributed by atoms with van der Waals surface area (Å²) in [6.45, 7) is 2.10. The highest BCUT2D eigenvalue weighted by atomic mass is 32.1. The summed E-state index contributed by atoms with van der Waals surface area (Å²) in [7, 11) is 0. The molecule has 0 bridgehead atoms. The van der Waals surface area contributed by atoms with E-state index in [1.807, 2.05) is 0 Å². The molecule has 3 rings (SSSR count). The fourth-order valence-corrected chi connectivity index (χ4v) is 3.86. The van der Waals surface area contributed by atoms with E-state index in [2.05, 4.69) is 10.3 Å². The van der Waals surface area contributed by atoms with Crippen molar-refractivity contribution >= 4 is 28.2 Å². The average Bonchev–Trinajstić information content (AvgIpc) is 3.08. The van der Waals surface area contributed by atoms with Crippen molar-refractivity contribution in [2.24, 2.45) is 0 Å². The summed E-state index contributed by atoms with van der Waals surface area (Å²) in [5.41, 5.74) is 2.02. The van der Waals surface area contributed by atoms with Crippen molar-refractivity contribution in [3.05, 3.63) is 46.1 Å². The number of amides is 1. The van der Waals surface area contributed by atoms with Crippen molar-refractivity contribution in [2.75, 3.05) is 11.9 Å². The van der Waals surface area contributed by atoms with E-state index in [4.69, 9.17) is 4.74 Å². The Hall–Kier alpha value is -2.21. The van der Waals surface area contributed by atoms with Crippen molar-refractivity contribution < 1.29 is 14.3 Å². The molecule has 0 spiro atoms. The number of aryl methyl sites for hydroxylation is 1. The number of ether oxygens (including phenoxy) is 1. The largest absolute Gasteiger partial charge is 0.462 e. The zero-order valence-electron chi connectivity index (χ0n) is 12.2. The van der Waals surface area contributed by atoms with Crippen LogP contribution < -0.4 is 5.32 Å². The smallest absolute Gasteiger partial charge is 0.341 e. The van der Waals surface area contributed by atoms with Crippen molar-refractivity contribution in [2.45, 2.75) is 26.2 Å². The summed E-state index contributed by atoms with van der Waals surface area (Å²) in [6, 6.07) is 3.39. The molecule has 0 aromatic carbocycles. The predicted octanol–water partition coefficient (Wildman–Crippen LogP) is 3.06. The molecule has 5 nitrogen and oxygen atoms in total. The average molecular weight is 316 g/mol. The van der Waals surface area contributed by atoms with Gasteiger partial charge in [0.25, 0.3) is 5.91 Å². The van der Waals surface area contributed by atoms with E-state index in [9.17, 15) is 9.59 Å². The van der Waals surface area contributed by atoms with Crippen LogP contribution in [0.2, 0.25) is 0 Å². The number of rotatable bonds is 4. The normalized spacial score (nSPS) is 12.8. The number of hydrogen-bond donors (Lipinski definition) is 1. The van der Waals surface area contributed by atoms with Crippen LogP contribution in [0.1, 0.15) is 44.5 Å². The van der Waals surface area contributed by atoms with Gasteiger partial charge in [0.2, 0.25) is 0 Å². The molecule has 6 heteroatoms. The summed E-state index contributed by atoms with van der Waals surface area (Å²) >= 11 is 1.47. The number of pyridine rings is 1. The van der Waals surface area contributed by atoms with E-state index in [-0.39, 0.29) is 11.9 Å². The lowest BCUT2D eigenvalue weighted by atomic mass is 10.1. The summed E-state index contributed by atoms with van der Waals surface area (Å²) in [4.78, 5) is 29.6. The Bertz CT molecular complexity index is 710. The molecule has 1 aliphatic carbocycles. The van der Waals surface area contributed by atoms with Gasteiger partial charge in [-0.05, 0) is 43.9 Å². The van der Waals surface area contributed by atoms with Crippen molar-refractivity contribution in [3.63, 3.8) is 0 Å². The second kappa shape index (κ2) is 6.27. The monoisotopic (exact) mass is 316 g/mol. The van der Waals surface area contributed by atoms with E-state index in [1.54, 1.807) is 25.3 Å². The second-order valence-corrected chi connectivity index (χ2v) is 6.08. The highest BCUT2D eigenvalue weighted by Crippen LogP contribution is 2.39. The number of carbonyl (C=O) groups excluding carboxylic acids is 2. The number of nitrogens with one attached hydrogen (secondary N) is 1. The molecular weight excluding hydrogens is 300 g/mol. The molecule has 2 aromatic heterocycles. The van der Waals surface area contributed by atoms with Gasteiger partial charge in [-0.2, -0.15) is 0 Å². The van der Waals surface area contributed by atoms with Gasteiger partial charge in [0.05, 0.1) is 17.7 Å². The van der Waals surface area contributed by atoms with Crippen LogP contribution in [0.5, 0.6) is 0 Å². The first-order valence-electron chi connectivity index (χ1n) is 7.23. The fraction of sp³-hybridized carbons (Fsp3) is 0.312. The molecule has 0 unspecified atom stereocenters. The van der Waals surface area contributed by atoms with E-state index in [0.717, 1.165) is 24.8 Å². The van der Waals surface area contributed by atoms with Gasteiger partial charge in [-0.3, -0.25) is 9.78 Å². The van der Waals surface area contributed by atoms with Crippen LogP contribution in [0.25, 0.3) is 0 Å². The molecule has 2 heterocycles. The lowest BCUT2D eigenvalue weighted by Gasteiger charge is -2.07. The van der Waals surface area contributed by atoms with Gasteiger partial charge in [-0.1, -0.05) is 0 Å². The van der Waals surface area contributed by atoms with Crippen LogP contribution in [-0.4, -0.2) is 23.5 Å². The van der Waals surface area contributed by atoms with E-state index in [0.29, 0.717) is 22.7 Å². The standard InChI is InChI=1S/C16H16N2O3S/c1-2-21-16(20)13-11-6-3-7-12(11)22-15(13)18-14(19)10-5-4-8-17-9-10/h4-5,8-9H,2-3,6-7H2,1H3,(H,18,19). The molecule has 1 aliphatic rings. The highest BCUT2D eigenvalue weighted by Gasteiger charge is 2.28. The number of aromatic nitrogens is 1. The van der Waals surface area contributed by atoms with E-state index < -0.39 is 0 Å². The summed E-state index contributed by atoms with van der Waals surface area (Å²) < 4.78 is 5.14. The van der Waals surface area contributed by atoms with Crippen LogP contribution >= 0.6 is 11.3 Å². The number of esters is 1. The predicted molar refractivity (Wildman–Crippen MR) is 84.5 cm³/mol. The minimum Gasteiger partial charge on any atom is -0.462 e. The Morgan fingerprint density at radius 3 is 3.00 bits per heavy atom. The molecule has 0 fully saturated rings. The van der Waals surface area contributed by atoms with Crippen molar-refractivity contribution in [1.82, 2.24) is 4.98 Å². The first kappa shape index (κ1) is 14.7. The molecule has 0 aliphatic heterocycles. The molecule has 0 atom stereocenters. The van der Waals surface area contributed by atoms with Crippen LogP contribution in [0.4, 0.5) is 5.00 Å². The quantitative estimate of drug-likeness (QED) is 0.880. The lowest BCUT2D eigenvalue weighted by Crippen LogP contribution is -2.15. The van der Waals surface area contributed by atoms with Gasteiger partial charge in [0.1, 0.15) is 5.00 Å². The second-order valence-electron chi connectivity index (χ2n) is 4.98. The number of fused-ring (bicyclic) bond motifs is 1. The van der Waals surface area contributed by atoms with E-state index in [1.165, 1.54) is 22.4 Å². The summed E-state index contributed by atoms with van der Waals surface area (Å²) in [5.74, 6) is -0.623. The molecule has 22 heavy (non-hydrogen) atoms. The SMILES string of the molecule is CCOC(=O)c1c(NC(=O)c2cccnc2)sc2c1CCC2. The highest BCUT2D eigenvalue weighted by molar-refractivity contribution is 7.17. The van der Waals surface area contributed by atoms with Crippen LogP contribution in [-0.2, 0) is 17.6 Å². The molecule has 114 valence electrons. The Labute approximate surface area is 132 Å². The van der Waals surface area contributed by atoms with Crippen LogP contribution in [0, 0.1) is 0 Å². The lowest BCUT2D eigenvalue weighted by molar-refractivity contribution is 0.0527. The molecule has 0 saturated carbocycles. The zero-order chi connectivity index (χ0) is 15.5. The Morgan fingerprint density at radius 1 is 1.41 bits per heavy atom. The van der Waals surface area contributed by atoms with Crippen LogP contribution in [0.3, 0.4) is 0 Å². The summed E-state index contributed by atoms with van der Waals surface area (Å²) in [6.07, 6.45) is 5.98. The number of anilines is 1. The van der Waals surface area contributed by atoms with Gasteiger partial charge < -0.3 is 10.1 Å². The maximum Gasteiger partial charge on any atom is 0.341 e. The minimum absolute atomic E-state index is 0.265. The number of nitrogens with zero attached hydrogens (tertiary/aromatic N) is 1. The van der Waals surface area contributed by atoms with Gasteiger partial charge in [0, 0.05) is 17.3 Å². The number of hydrogen-bond acceptors (Lipinski definition) is 5. The molecule has 2 aromatic rings. The Balaban J connectivity index is 1.91. The molecule has 1 N–H and O–H groups in total. The van der Waals surface area contributed by atoms with Crippen molar-refractivity contribution in [3.8, 4) is 0 Å². The van der Waals surface area contributed by atoms with Gasteiger partial charge in [-0.15, -0.1) is 11.3 Å². The Kier molecular flexibility index (Phi) is 4.20. The molecule has 1 amide bonds. The first-order chi connectivity index (χ1) is 10.7. The van der Waals surface area contributed by atoms with Crippen LogP contribution in [0.15, 0.2) is 24.5 Å².